The summed E-state index contributed by atoms with van der Waals surface area (Å²) in [5.74, 6) is 1.11. The Kier molecular flexibility index (Phi) is 8.93. The zero-order valence-electron chi connectivity index (χ0n) is 19.7. The van der Waals surface area contributed by atoms with E-state index < -0.39 is 0 Å². The van der Waals surface area contributed by atoms with E-state index >= 15 is 0 Å². The molecule has 0 fully saturated rings. The lowest BCUT2D eigenvalue weighted by Crippen LogP contribution is -2.26. The maximum absolute atomic E-state index is 13.2. The van der Waals surface area contributed by atoms with E-state index in [1.165, 1.54) is 19.1 Å². The molecule has 33 heavy (non-hydrogen) atoms. The minimum absolute atomic E-state index is 0.0150. The third-order valence-electron chi connectivity index (χ3n) is 6.01. The zero-order valence-corrected chi connectivity index (χ0v) is 19.7. The topological polar surface area (TPSA) is 73.9 Å². The van der Waals surface area contributed by atoms with Gasteiger partial charge in [0.1, 0.15) is 11.5 Å². The lowest BCUT2D eigenvalue weighted by Gasteiger charge is -2.19. The van der Waals surface area contributed by atoms with E-state index in [2.05, 4.69) is 5.32 Å². The average molecular weight is 452 g/mol. The highest BCUT2D eigenvalue weighted by Crippen LogP contribution is 2.29. The number of rotatable bonds is 8. The van der Waals surface area contributed by atoms with Gasteiger partial charge in [0.2, 0.25) is 5.91 Å². The molecule has 0 aromatic heterocycles. The number of carbonyl (C=O) groups excluding carboxylic acids is 2. The van der Waals surface area contributed by atoms with Crippen LogP contribution in [0.5, 0.6) is 11.5 Å². The second kappa shape index (κ2) is 12.1. The van der Waals surface area contributed by atoms with Gasteiger partial charge >= 0.3 is 5.97 Å². The number of amides is 1. The second-order valence-corrected chi connectivity index (χ2v) is 8.27. The Hall–Kier alpha value is -3.28. The highest BCUT2D eigenvalue weighted by atomic mass is 16.5. The van der Waals surface area contributed by atoms with Gasteiger partial charge in [-0.15, -0.1) is 0 Å². The van der Waals surface area contributed by atoms with E-state index in [1.54, 1.807) is 26.4 Å². The fraction of sp³-hybridized carbons (Fsp3) is 0.407. The van der Waals surface area contributed by atoms with Gasteiger partial charge in [0.05, 0.1) is 26.9 Å². The summed E-state index contributed by atoms with van der Waals surface area (Å²) in [5, 5.41) is 3.08. The highest BCUT2D eigenvalue weighted by Gasteiger charge is 2.18. The molecule has 6 heteroatoms. The molecule has 1 amide bonds. The highest BCUT2D eigenvalue weighted by molar-refractivity contribution is 5.94. The molecule has 0 heterocycles. The molecule has 2 aromatic carbocycles. The maximum Gasteiger partial charge on any atom is 0.337 e. The monoisotopic (exact) mass is 451 g/mol. The quantitative estimate of drug-likeness (QED) is 0.572. The van der Waals surface area contributed by atoms with Gasteiger partial charge < -0.3 is 19.5 Å². The van der Waals surface area contributed by atoms with E-state index in [1.807, 2.05) is 30.3 Å². The molecule has 1 N–H and O–H groups in total. The van der Waals surface area contributed by atoms with Crippen molar-refractivity contribution < 1.29 is 23.8 Å². The average Bonchev–Trinajstić information content (AvgIpc) is 2.83. The van der Waals surface area contributed by atoms with Gasteiger partial charge in [-0.3, -0.25) is 4.79 Å². The maximum atomic E-state index is 13.2. The Bertz CT molecular complexity index is 972. The molecule has 0 radical (unpaired) electrons. The molecule has 0 saturated heterocycles. The summed E-state index contributed by atoms with van der Waals surface area (Å²) >= 11 is 0. The molecule has 176 valence electrons. The minimum atomic E-state index is -0.371. The van der Waals surface area contributed by atoms with Gasteiger partial charge in [-0.05, 0) is 67.5 Å². The fourth-order valence-electron chi connectivity index (χ4n) is 4.17. The largest absolute Gasteiger partial charge is 0.497 e. The molecule has 0 spiro atoms. The third-order valence-corrected chi connectivity index (χ3v) is 6.01. The van der Waals surface area contributed by atoms with Crippen LogP contribution in [0.25, 0.3) is 0 Å². The first-order valence-electron chi connectivity index (χ1n) is 11.4. The predicted molar refractivity (Wildman–Crippen MR) is 128 cm³/mol. The van der Waals surface area contributed by atoms with Crippen molar-refractivity contribution in [3.05, 3.63) is 70.3 Å². The van der Waals surface area contributed by atoms with Crippen LogP contribution in [0.1, 0.15) is 60.0 Å². The molecule has 0 unspecified atom stereocenters. The number of benzene rings is 2. The predicted octanol–water partition coefficient (Wildman–Crippen LogP) is 5.00. The molecule has 1 aliphatic carbocycles. The van der Waals surface area contributed by atoms with Crippen LogP contribution in [-0.2, 0) is 22.5 Å². The van der Waals surface area contributed by atoms with Gasteiger partial charge in [-0.1, -0.05) is 30.5 Å². The van der Waals surface area contributed by atoms with Crippen molar-refractivity contribution in [2.75, 3.05) is 21.3 Å². The Labute approximate surface area is 195 Å². The van der Waals surface area contributed by atoms with Crippen LogP contribution in [0.4, 0.5) is 0 Å². The standard InChI is InChI=1S/C27H33NO5/c1-31-23-15-20(16-24(17-23)32-2)14-22-8-6-4-5-7-9-25(22)26(29)28-18-19-10-12-21(13-11-19)27(30)33-3/h10-13,15-17H,4-9,14,18H2,1-3H3,(H,28,29). The van der Waals surface area contributed by atoms with Crippen molar-refractivity contribution in [3.8, 4) is 11.5 Å². The number of methoxy groups -OCH3 is 3. The molecule has 0 saturated carbocycles. The summed E-state index contributed by atoms with van der Waals surface area (Å²) in [6.45, 7) is 0.407. The molecular weight excluding hydrogens is 418 g/mol. The Morgan fingerprint density at radius 2 is 1.45 bits per heavy atom. The number of allylic oxidation sites excluding steroid dienone is 1. The lowest BCUT2D eigenvalue weighted by atomic mass is 9.89. The van der Waals surface area contributed by atoms with E-state index in [9.17, 15) is 9.59 Å². The van der Waals surface area contributed by atoms with Crippen molar-refractivity contribution in [1.82, 2.24) is 5.32 Å². The molecule has 6 nitrogen and oxygen atoms in total. The number of ether oxygens (including phenoxy) is 3. The van der Waals surface area contributed by atoms with Gasteiger partial charge in [0.25, 0.3) is 0 Å². The van der Waals surface area contributed by atoms with Crippen LogP contribution in [0.3, 0.4) is 0 Å². The summed E-state index contributed by atoms with van der Waals surface area (Å²) in [4.78, 5) is 24.8. The molecule has 0 aliphatic heterocycles. The summed E-state index contributed by atoms with van der Waals surface area (Å²) in [6.07, 6.45) is 6.83. The molecule has 0 atom stereocenters. The molecule has 3 rings (SSSR count). The molecule has 0 bridgehead atoms. The normalized spacial score (nSPS) is 14.2. The second-order valence-electron chi connectivity index (χ2n) is 8.27. The van der Waals surface area contributed by atoms with Gasteiger partial charge in [0, 0.05) is 18.2 Å². The molecular formula is C27H33NO5. The van der Waals surface area contributed by atoms with Crippen molar-refractivity contribution in [3.63, 3.8) is 0 Å². The van der Waals surface area contributed by atoms with Crippen molar-refractivity contribution >= 4 is 11.9 Å². The number of hydrogen-bond donors (Lipinski definition) is 1. The fourth-order valence-corrected chi connectivity index (χ4v) is 4.17. The number of hydrogen-bond acceptors (Lipinski definition) is 5. The summed E-state index contributed by atoms with van der Waals surface area (Å²) in [6, 6.07) is 13.0. The zero-order chi connectivity index (χ0) is 23.6. The van der Waals surface area contributed by atoms with Gasteiger partial charge in [-0.25, -0.2) is 4.79 Å². The van der Waals surface area contributed by atoms with Crippen LogP contribution in [0.15, 0.2) is 53.6 Å². The van der Waals surface area contributed by atoms with E-state index in [0.29, 0.717) is 18.5 Å². The summed E-state index contributed by atoms with van der Waals surface area (Å²) in [5.41, 5.74) is 4.57. The summed E-state index contributed by atoms with van der Waals surface area (Å²) < 4.78 is 15.6. The van der Waals surface area contributed by atoms with E-state index in [0.717, 1.165) is 60.3 Å². The Morgan fingerprint density at radius 3 is 2.06 bits per heavy atom. The van der Waals surface area contributed by atoms with Crippen LogP contribution in [0, 0.1) is 0 Å². The van der Waals surface area contributed by atoms with Crippen LogP contribution < -0.4 is 14.8 Å². The molecule has 1 aliphatic rings. The van der Waals surface area contributed by atoms with Crippen LogP contribution in [0.2, 0.25) is 0 Å². The van der Waals surface area contributed by atoms with E-state index in [-0.39, 0.29) is 11.9 Å². The van der Waals surface area contributed by atoms with Crippen LogP contribution in [-0.4, -0.2) is 33.2 Å². The first-order chi connectivity index (χ1) is 16.0. The van der Waals surface area contributed by atoms with Crippen LogP contribution >= 0.6 is 0 Å². The van der Waals surface area contributed by atoms with Gasteiger partial charge in [-0.2, -0.15) is 0 Å². The van der Waals surface area contributed by atoms with Crippen molar-refractivity contribution in [2.24, 2.45) is 0 Å². The first kappa shape index (κ1) is 24.4. The third kappa shape index (κ3) is 6.85. The number of nitrogens with one attached hydrogen (secondary N) is 1. The van der Waals surface area contributed by atoms with Gasteiger partial charge in [0.15, 0.2) is 0 Å². The first-order valence-corrected chi connectivity index (χ1v) is 11.4. The summed E-state index contributed by atoms with van der Waals surface area (Å²) in [7, 11) is 4.65. The lowest BCUT2D eigenvalue weighted by molar-refractivity contribution is -0.117. The smallest absolute Gasteiger partial charge is 0.337 e. The number of esters is 1. The Balaban J connectivity index is 1.77. The molecule has 2 aromatic rings. The SMILES string of the molecule is COC(=O)c1ccc(CNC(=O)C2=C(Cc3cc(OC)cc(OC)c3)CCCCCC2)cc1. The van der Waals surface area contributed by atoms with Crippen molar-refractivity contribution in [2.45, 2.75) is 51.5 Å². The Morgan fingerprint density at radius 1 is 0.818 bits per heavy atom. The minimum Gasteiger partial charge on any atom is -0.497 e. The number of carbonyl (C=O) groups is 2. The van der Waals surface area contributed by atoms with E-state index in [4.69, 9.17) is 14.2 Å². The van der Waals surface area contributed by atoms with Crippen molar-refractivity contribution in [1.29, 1.82) is 0 Å².